The van der Waals surface area contributed by atoms with Gasteiger partial charge in [0.05, 0.1) is 13.2 Å². The summed E-state index contributed by atoms with van der Waals surface area (Å²) in [7, 11) is 3.50. The van der Waals surface area contributed by atoms with Crippen LogP contribution in [0.1, 0.15) is 22.3 Å². The monoisotopic (exact) mass is 373 g/mol. The van der Waals surface area contributed by atoms with Gasteiger partial charge in [0.25, 0.3) is 5.91 Å². The van der Waals surface area contributed by atoms with E-state index < -0.39 is 0 Å². The van der Waals surface area contributed by atoms with Gasteiger partial charge in [0.15, 0.2) is 5.96 Å². The van der Waals surface area contributed by atoms with Crippen molar-refractivity contribution in [2.75, 3.05) is 60.0 Å². The maximum absolute atomic E-state index is 11.8. The third-order valence-electron chi connectivity index (χ3n) is 5.35. The van der Waals surface area contributed by atoms with E-state index in [9.17, 15) is 4.79 Å². The molecule has 0 bridgehead atoms. The fourth-order valence-corrected chi connectivity index (χ4v) is 3.84. The van der Waals surface area contributed by atoms with E-state index in [1.165, 1.54) is 6.42 Å². The van der Waals surface area contributed by atoms with E-state index in [0.29, 0.717) is 11.6 Å². The summed E-state index contributed by atoms with van der Waals surface area (Å²) in [5, 5.41) is 6.15. The third kappa shape index (κ3) is 5.20. The van der Waals surface area contributed by atoms with E-state index in [4.69, 9.17) is 4.74 Å². The number of morpholine rings is 1. The van der Waals surface area contributed by atoms with Crippen molar-refractivity contribution >= 4 is 11.9 Å². The van der Waals surface area contributed by atoms with Gasteiger partial charge >= 0.3 is 0 Å². The summed E-state index contributed by atoms with van der Waals surface area (Å²) in [4.78, 5) is 21.1. The minimum absolute atomic E-state index is 0.0492. The molecule has 1 amide bonds. The summed E-state index contributed by atoms with van der Waals surface area (Å²) in [5.74, 6) is 0.917. The zero-order chi connectivity index (χ0) is 19.1. The lowest BCUT2D eigenvalue weighted by atomic mass is 10.1. The summed E-state index contributed by atoms with van der Waals surface area (Å²) >= 11 is 0. The Bertz CT molecular complexity index is 658. The van der Waals surface area contributed by atoms with E-state index in [1.807, 2.05) is 25.2 Å². The minimum atomic E-state index is -0.0492. The summed E-state index contributed by atoms with van der Waals surface area (Å²) in [5.41, 5.74) is 1.85. The second-order valence-corrected chi connectivity index (χ2v) is 7.04. The third-order valence-corrected chi connectivity index (χ3v) is 5.35. The standard InChI is InChI=1S/C20H31N5O2/c1-21-19(26)17-5-3-4-16(14-17)6-8-23-20(22-2)25-9-7-18(15-25)24-10-12-27-13-11-24/h3-5,14,18H,6-13,15H2,1-2H3,(H,21,26)(H,22,23). The Kier molecular flexibility index (Phi) is 7.06. The quantitative estimate of drug-likeness (QED) is 0.583. The maximum Gasteiger partial charge on any atom is 0.251 e. The molecule has 27 heavy (non-hydrogen) atoms. The van der Waals surface area contributed by atoms with Crippen LogP contribution in [0, 0.1) is 0 Å². The first-order valence-corrected chi connectivity index (χ1v) is 9.79. The summed E-state index contributed by atoms with van der Waals surface area (Å²) in [6, 6.07) is 8.37. The molecule has 0 spiro atoms. The van der Waals surface area contributed by atoms with E-state index in [1.54, 1.807) is 7.05 Å². The second-order valence-electron chi connectivity index (χ2n) is 7.04. The molecule has 148 valence electrons. The molecule has 2 fully saturated rings. The van der Waals surface area contributed by atoms with Crippen LogP contribution >= 0.6 is 0 Å². The molecule has 7 nitrogen and oxygen atoms in total. The number of nitrogens with one attached hydrogen (secondary N) is 2. The number of rotatable bonds is 5. The number of carbonyl (C=O) groups excluding carboxylic acids is 1. The Balaban J connectivity index is 1.48. The number of hydrogen-bond donors (Lipinski definition) is 2. The second kappa shape index (κ2) is 9.71. The van der Waals surface area contributed by atoms with E-state index >= 15 is 0 Å². The normalized spacial score (nSPS) is 21.3. The van der Waals surface area contributed by atoms with Crippen molar-refractivity contribution in [1.82, 2.24) is 20.4 Å². The Morgan fingerprint density at radius 2 is 2.11 bits per heavy atom. The molecular formula is C20H31N5O2. The van der Waals surface area contributed by atoms with Gasteiger partial charge in [-0.05, 0) is 30.5 Å². The molecule has 1 unspecified atom stereocenters. The van der Waals surface area contributed by atoms with Crippen molar-refractivity contribution in [2.45, 2.75) is 18.9 Å². The molecule has 0 aromatic heterocycles. The SMILES string of the molecule is CN=C(NCCc1cccc(C(=O)NC)c1)N1CCC(N2CCOCC2)C1. The molecule has 1 aromatic rings. The van der Waals surface area contributed by atoms with Crippen LogP contribution in [0.2, 0.25) is 0 Å². The lowest BCUT2D eigenvalue weighted by Gasteiger charge is -2.32. The Morgan fingerprint density at radius 1 is 1.30 bits per heavy atom. The highest BCUT2D eigenvalue weighted by Crippen LogP contribution is 2.17. The van der Waals surface area contributed by atoms with Crippen LogP contribution in [-0.2, 0) is 11.2 Å². The molecule has 7 heteroatoms. The first kappa shape index (κ1) is 19.6. The molecule has 2 aliphatic heterocycles. The van der Waals surface area contributed by atoms with E-state index in [0.717, 1.165) is 63.9 Å². The van der Waals surface area contributed by atoms with Crippen LogP contribution in [0.25, 0.3) is 0 Å². The number of aliphatic imine (C=N–C) groups is 1. The molecule has 2 aliphatic rings. The van der Waals surface area contributed by atoms with Gasteiger partial charge in [0.1, 0.15) is 0 Å². The summed E-state index contributed by atoms with van der Waals surface area (Å²) in [6.07, 6.45) is 2.03. The lowest BCUT2D eigenvalue weighted by molar-refractivity contribution is 0.0195. The number of hydrogen-bond acceptors (Lipinski definition) is 4. The number of amides is 1. The van der Waals surface area contributed by atoms with Crippen molar-refractivity contribution in [3.63, 3.8) is 0 Å². The van der Waals surface area contributed by atoms with Gasteiger partial charge in [0, 0.05) is 58.4 Å². The van der Waals surface area contributed by atoms with E-state index in [2.05, 4.69) is 31.5 Å². The fraction of sp³-hybridized carbons (Fsp3) is 0.600. The van der Waals surface area contributed by atoms with Crippen molar-refractivity contribution in [3.05, 3.63) is 35.4 Å². The molecule has 0 radical (unpaired) electrons. The summed E-state index contributed by atoms with van der Waals surface area (Å²) < 4.78 is 5.46. The van der Waals surface area contributed by atoms with Crippen molar-refractivity contribution in [3.8, 4) is 0 Å². The number of nitrogens with zero attached hydrogens (tertiary/aromatic N) is 3. The Morgan fingerprint density at radius 3 is 2.85 bits per heavy atom. The van der Waals surface area contributed by atoms with Gasteiger partial charge in [0.2, 0.25) is 0 Å². The topological polar surface area (TPSA) is 69.2 Å². The van der Waals surface area contributed by atoms with Crippen LogP contribution in [0.4, 0.5) is 0 Å². The first-order valence-electron chi connectivity index (χ1n) is 9.79. The van der Waals surface area contributed by atoms with Crippen molar-refractivity contribution in [2.24, 2.45) is 4.99 Å². The van der Waals surface area contributed by atoms with Crippen LogP contribution in [0.5, 0.6) is 0 Å². The zero-order valence-corrected chi connectivity index (χ0v) is 16.4. The number of guanidine groups is 1. The van der Waals surface area contributed by atoms with Gasteiger partial charge in [-0.15, -0.1) is 0 Å². The summed E-state index contributed by atoms with van der Waals surface area (Å²) in [6.45, 7) is 6.61. The molecule has 2 heterocycles. The molecule has 3 rings (SSSR count). The molecule has 1 atom stereocenters. The van der Waals surface area contributed by atoms with Crippen molar-refractivity contribution in [1.29, 1.82) is 0 Å². The van der Waals surface area contributed by atoms with Gasteiger partial charge in [-0.25, -0.2) is 0 Å². The smallest absolute Gasteiger partial charge is 0.251 e. The van der Waals surface area contributed by atoms with Gasteiger partial charge in [-0.1, -0.05) is 12.1 Å². The lowest BCUT2D eigenvalue weighted by Crippen LogP contribution is -2.46. The average Bonchev–Trinajstić information content (AvgIpc) is 3.21. The zero-order valence-electron chi connectivity index (χ0n) is 16.4. The minimum Gasteiger partial charge on any atom is -0.379 e. The highest BCUT2D eigenvalue weighted by atomic mass is 16.5. The number of likely N-dealkylation sites (tertiary alicyclic amines) is 1. The largest absolute Gasteiger partial charge is 0.379 e. The van der Waals surface area contributed by atoms with Crippen LogP contribution in [0.3, 0.4) is 0 Å². The van der Waals surface area contributed by atoms with Gasteiger partial charge in [-0.2, -0.15) is 0 Å². The van der Waals surface area contributed by atoms with Gasteiger partial charge in [-0.3, -0.25) is 14.7 Å². The molecule has 2 saturated heterocycles. The molecule has 0 saturated carbocycles. The Hall–Kier alpha value is -2.12. The highest BCUT2D eigenvalue weighted by molar-refractivity contribution is 5.94. The molecular weight excluding hydrogens is 342 g/mol. The van der Waals surface area contributed by atoms with Crippen LogP contribution in [0.15, 0.2) is 29.3 Å². The van der Waals surface area contributed by atoms with Crippen LogP contribution in [-0.4, -0.2) is 87.7 Å². The first-order chi connectivity index (χ1) is 13.2. The number of carbonyl (C=O) groups is 1. The van der Waals surface area contributed by atoms with Crippen molar-refractivity contribution < 1.29 is 9.53 Å². The van der Waals surface area contributed by atoms with Crippen LogP contribution < -0.4 is 10.6 Å². The average molecular weight is 374 g/mol. The predicted molar refractivity (Wildman–Crippen MR) is 107 cm³/mol. The number of benzene rings is 1. The predicted octanol–water partition coefficient (Wildman–Crippen LogP) is 0.571. The highest BCUT2D eigenvalue weighted by Gasteiger charge is 2.30. The van der Waals surface area contributed by atoms with E-state index in [-0.39, 0.29) is 5.91 Å². The Labute approximate surface area is 161 Å². The molecule has 0 aliphatic carbocycles. The maximum atomic E-state index is 11.8. The molecule has 1 aromatic carbocycles. The van der Waals surface area contributed by atoms with Gasteiger partial charge < -0.3 is 20.3 Å². The number of ether oxygens (including phenoxy) is 1. The molecule has 2 N–H and O–H groups in total. The fourth-order valence-electron chi connectivity index (χ4n) is 3.84.